The first-order valence-corrected chi connectivity index (χ1v) is 8.49. The van der Waals surface area contributed by atoms with Gasteiger partial charge in [-0.15, -0.1) is 0 Å². The molecule has 0 saturated carbocycles. The molecule has 1 fully saturated rings. The second kappa shape index (κ2) is 7.66. The number of amides is 1. The van der Waals surface area contributed by atoms with E-state index < -0.39 is 11.6 Å². The first-order chi connectivity index (χ1) is 12.0. The lowest BCUT2D eigenvalue weighted by molar-refractivity contribution is -0.129. The van der Waals surface area contributed by atoms with Crippen LogP contribution < -0.4 is 0 Å². The number of rotatable bonds is 5. The van der Waals surface area contributed by atoms with E-state index in [0.29, 0.717) is 24.6 Å². The van der Waals surface area contributed by atoms with Gasteiger partial charge >= 0.3 is 0 Å². The molecule has 0 unspecified atom stereocenters. The number of aliphatic hydroxyl groups is 1. The van der Waals surface area contributed by atoms with Crippen molar-refractivity contribution in [2.24, 2.45) is 5.92 Å². The van der Waals surface area contributed by atoms with Crippen molar-refractivity contribution in [2.75, 3.05) is 13.1 Å². The van der Waals surface area contributed by atoms with Crippen LogP contribution in [0, 0.1) is 11.7 Å². The Bertz CT molecular complexity index is 762. The van der Waals surface area contributed by atoms with Gasteiger partial charge < -0.3 is 15.1 Å². The molecule has 4 nitrogen and oxygen atoms in total. The SMILES string of the molecule is O=C(Cc1ccc(O)c(F)c1)N1CC[C@H](Cc2cccc(CO)c2)C1. The van der Waals surface area contributed by atoms with Crippen molar-refractivity contribution < 1.29 is 19.4 Å². The molecule has 2 aromatic carbocycles. The Hall–Kier alpha value is -2.40. The average molecular weight is 343 g/mol. The number of nitrogens with zero attached hydrogens (tertiary/aromatic N) is 1. The molecule has 0 aliphatic carbocycles. The van der Waals surface area contributed by atoms with E-state index in [9.17, 15) is 19.4 Å². The van der Waals surface area contributed by atoms with Crippen LogP contribution in [-0.4, -0.2) is 34.1 Å². The smallest absolute Gasteiger partial charge is 0.227 e. The molecule has 132 valence electrons. The number of phenolic OH excluding ortho intramolecular Hbond substituents is 1. The maximum absolute atomic E-state index is 13.4. The Labute approximate surface area is 146 Å². The zero-order valence-corrected chi connectivity index (χ0v) is 14.0. The molecule has 0 spiro atoms. The van der Waals surface area contributed by atoms with Crippen molar-refractivity contribution in [2.45, 2.75) is 25.9 Å². The van der Waals surface area contributed by atoms with Gasteiger partial charge in [-0.1, -0.05) is 30.3 Å². The molecule has 1 aliphatic rings. The fourth-order valence-corrected chi connectivity index (χ4v) is 3.36. The van der Waals surface area contributed by atoms with Gasteiger partial charge in [0.15, 0.2) is 11.6 Å². The van der Waals surface area contributed by atoms with Crippen molar-refractivity contribution in [3.8, 4) is 5.75 Å². The number of likely N-dealkylation sites (tertiary alicyclic amines) is 1. The molecule has 1 amide bonds. The third kappa shape index (κ3) is 4.37. The van der Waals surface area contributed by atoms with Gasteiger partial charge in [0.05, 0.1) is 13.0 Å². The molecule has 1 heterocycles. The van der Waals surface area contributed by atoms with Crippen molar-refractivity contribution in [3.05, 3.63) is 65.0 Å². The molecule has 0 radical (unpaired) electrons. The molecular formula is C20H22FNO3. The molecule has 5 heteroatoms. The van der Waals surface area contributed by atoms with Crippen LogP contribution in [0.1, 0.15) is 23.1 Å². The van der Waals surface area contributed by atoms with Crippen LogP contribution >= 0.6 is 0 Å². The van der Waals surface area contributed by atoms with Gasteiger partial charge in [0, 0.05) is 13.1 Å². The summed E-state index contributed by atoms with van der Waals surface area (Å²) in [5.74, 6) is -0.720. The summed E-state index contributed by atoms with van der Waals surface area (Å²) < 4.78 is 13.4. The van der Waals surface area contributed by atoms with E-state index in [4.69, 9.17) is 0 Å². The van der Waals surface area contributed by atoms with Crippen LogP contribution in [0.5, 0.6) is 5.75 Å². The number of hydrogen-bond acceptors (Lipinski definition) is 3. The Morgan fingerprint density at radius 1 is 1.16 bits per heavy atom. The van der Waals surface area contributed by atoms with E-state index in [1.54, 1.807) is 6.07 Å². The fraction of sp³-hybridized carbons (Fsp3) is 0.350. The monoisotopic (exact) mass is 343 g/mol. The summed E-state index contributed by atoms with van der Waals surface area (Å²) in [4.78, 5) is 14.2. The molecule has 2 aromatic rings. The number of aliphatic hydroxyl groups excluding tert-OH is 1. The van der Waals surface area contributed by atoms with Crippen molar-refractivity contribution in [1.82, 2.24) is 4.90 Å². The maximum Gasteiger partial charge on any atom is 0.227 e. The van der Waals surface area contributed by atoms with Crippen molar-refractivity contribution in [3.63, 3.8) is 0 Å². The maximum atomic E-state index is 13.4. The topological polar surface area (TPSA) is 60.8 Å². The van der Waals surface area contributed by atoms with Crippen LogP contribution in [0.15, 0.2) is 42.5 Å². The van der Waals surface area contributed by atoms with Gasteiger partial charge in [0.1, 0.15) is 0 Å². The summed E-state index contributed by atoms with van der Waals surface area (Å²) in [6, 6.07) is 11.9. The number of halogens is 1. The highest BCUT2D eigenvalue weighted by atomic mass is 19.1. The Morgan fingerprint density at radius 2 is 1.96 bits per heavy atom. The molecule has 25 heavy (non-hydrogen) atoms. The standard InChI is InChI=1S/C20H22FNO3/c21-18-10-15(4-5-19(18)24)11-20(25)22-7-6-16(12-22)8-14-2-1-3-17(9-14)13-23/h1-5,9-10,16,23-24H,6-8,11-13H2/t16-/m1/s1. The number of hydrogen-bond donors (Lipinski definition) is 2. The van der Waals surface area contributed by atoms with Gasteiger partial charge in [0.25, 0.3) is 0 Å². The molecular weight excluding hydrogens is 321 g/mol. The number of carbonyl (C=O) groups excluding carboxylic acids is 1. The zero-order chi connectivity index (χ0) is 17.8. The minimum Gasteiger partial charge on any atom is -0.505 e. The van der Waals surface area contributed by atoms with E-state index in [2.05, 4.69) is 0 Å². The van der Waals surface area contributed by atoms with Crippen LogP contribution in [0.3, 0.4) is 0 Å². The number of carbonyl (C=O) groups is 1. The summed E-state index contributed by atoms with van der Waals surface area (Å²) in [6.45, 7) is 1.44. The summed E-state index contributed by atoms with van der Waals surface area (Å²) in [5.41, 5.74) is 2.64. The first kappa shape index (κ1) is 17.4. The molecule has 0 aromatic heterocycles. The predicted molar refractivity (Wildman–Crippen MR) is 92.5 cm³/mol. The second-order valence-corrected chi connectivity index (χ2v) is 6.64. The van der Waals surface area contributed by atoms with Gasteiger partial charge in [-0.3, -0.25) is 4.79 Å². The van der Waals surface area contributed by atoms with Crippen LogP contribution in [0.4, 0.5) is 4.39 Å². The average Bonchev–Trinajstić information content (AvgIpc) is 3.07. The molecule has 1 aliphatic heterocycles. The largest absolute Gasteiger partial charge is 0.505 e. The van der Waals surface area contributed by atoms with Crippen LogP contribution in [-0.2, 0) is 24.2 Å². The Morgan fingerprint density at radius 3 is 2.72 bits per heavy atom. The van der Waals surface area contributed by atoms with E-state index in [1.165, 1.54) is 17.7 Å². The number of aromatic hydroxyl groups is 1. The van der Waals surface area contributed by atoms with Gasteiger partial charge in [0.2, 0.25) is 5.91 Å². The van der Waals surface area contributed by atoms with Gasteiger partial charge in [-0.2, -0.15) is 0 Å². The Balaban J connectivity index is 1.56. The second-order valence-electron chi connectivity index (χ2n) is 6.64. The number of phenols is 1. The third-order valence-electron chi connectivity index (χ3n) is 4.70. The molecule has 2 N–H and O–H groups in total. The third-order valence-corrected chi connectivity index (χ3v) is 4.70. The highest BCUT2D eigenvalue weighted by molar-refractivity contribution is 5.79. The van der Waals surface area contributed by atoms with E-state index in [-0.39, 0.29) is 18.9 Å². The Kier molecular flexibility index (Phi) is 5.34. The fourth-order valence-electron chi connectivity index (χ4n) is 3.36. The van der Waals surface area contributed by atoms with Crippen molar-refractivity contribution >= 4 is 5.91 Å². The van der Waals surface area contributed by atoms with Crippen LogP contribution in [0.2, 0.25) is 0 Å². The summed E-state index contributed by atoms with van der Waals surface area (Å²) in [6.07, 6.45) is 1.97. The molecule has 1 atom stereocenters. The highest BCUT2D eigenvalue weighted by Gasteiger charge is 2.26. The highest BCUT2D eigenvalue weighted by Crippen LogP contribution is 2.23. The van der Waals surface area contributed by atoms with Crippen molar-refractivity contribution in [1.29, 1.82) is 0 Å². The lowest BCUT2D eigenvalue weighted by Gasteiger charge is -2.17. The summed E-state index contributed by atoms with van der Waals surface area (Å²) in [7, 11) is 0. The zero-order valence-electron chi connectivity index (χ0n) is 14.0. The normalized spacial score (nSPS) is 17.0. The number of benzene rings is 2. The van der Waals surface area contributed by atoms with E-state index in [1.807, 2.05) is 29.2 Å². The minimum atomic E-state index is -0.701. The van der Waals surface area contributed by atoms with E-state index >= 15 is 0 Å². The van der Waals surface area contributed by atoms with Crippen LogP contribution in [0.25, 0.3) is 0 Å². The quantitative estimate of drug-likeness (QED) is 0.877. The molecule has 0 bridgehead atoms. The summed E-state index contributed by atoms with van der Waals surface area (Å²) in [5, 5.41) is 18.4. The lowest BCUT2D eigenvalue weighted by Crippen LogP contribution is -2.30. The minimum absolute atomic E-state index is 0.0169. The predicted octanol–water partition coefficient (Wildman–Crippen LogP) is 2.66. The molecule has 1 saturated heterocycles. The van der Waals surface area contributed by atoms with Gasteiger partial charge in [-0.25, -0.2) is 4.39 Å². The first-order valence-electron chi connectivity index (χ1n) is 8.49. The van der Waals surface area contributed by atoms with Gasteiger partial charge in [-0.05, 0) is 47.6 Å². The van der Waals surface area contributed by atoms with E-state index in [0.717, 1.165) is 18.4 Å². The lowest BCUT2D eigenvalue weighted by atomic mass is 9.97. The molecule has 3 rings (SSSR count). The summed E-state index contributed by atoms with van der Waals surface area (Å²) >= 11 is 0.